The van der Waals surface area contributed by atoms with Crippen molar-refractivity contribution in [3.8, 4) is 5.75 Å². The maximum Gasteiger partial charge on any atom is 0.573 e. The third-order valence-electron chi connectivity index (χ3n) is 3.16. The molecular weight excluding hydrogens is 343 g/mol. The molecule has 0 spiro atoms. The van der Waals surface area contributed by atoms with E-state index in [2.05, 4.69) is 15.0 Å². The first-order chi connectivity index (χ1) is 11.4. The van der Waals surface area contributed by atoms with Gasteiger partial charge in [-0.3, -0.25) is 9.20 Å². The van der Waals surface area contributed by atoms with Crippen LogP contribution in [0.25, 0.3) is 4.96 Å². The Morgan fingerprint density at radius 3 is 2.88 bits per heavy atom. The molecule has 0 aliphatic heterocycles. The highest BCUT2D eigenvalue weighted by Gasteiger charge is 2.31. The van der Waals surface area contributed by atoms with Crippen molar-refractivity contribution in [1.29, 1.82) is 0 Å². The number of carbonyl (C=O) groups is 1. The molecule has 1 amide bonds. The lowest BCUT2D eigenvalue weighted by Crippen LogP contribution is -2.25. The fourth-order valence-corrected chi connectivity index (χ4v) is 2.88. The third-order valence-corrected chi connectivity index (χ3v) is 3.93. The van der Waals surface area contributed by atoms with E-state index in [1.807, 2.05) is 11.6 Å². The lowest BCUT2D eigenvalue weighted by atomic mass is 10.2. The Hall–Kier alpha value is -2.55. The van der Waals surface area contributed by atoms with Gasteiger partial charge in [0.15, 0.2) is 4.96 Å². The van der Waals surface area contributed by atoms with E-state index in [1.54, 1.807) is 16.7 Å². The van der Waals surface area contributed by atoms with Crippen LogP contribution in [0.3, 0.4) is 0 Å². The zero-order chi connectivity index (χ0) is 17.2. The van der Waals surface area contributed by atoms with Crippen molar-refractivity contribution in [3.05, 3.63) is 53.3 Å². The zero-order valence-corrected chi connectivity index (χ0v) is 13.0. The molecular formula is C15H12F3N3O2S. The summed E-state index contributed by atoms with van der Waals surface area (Å²) in [7, 11) is 0. The number of halogens is 3. The number of ether oxygens (including phenoxy) is 1. The molecule has 24 heavy (non-hydrogen) atoms. The van der Waals surface area contributed by atoms with E-state index >= 15 is 0 Å². The summed E-state index contributed by atoms with van der Waals surface area (Å²) in [6.07, 6.45) is -1.15. The molecule has 1 aromatic carbocycles. The minimum Gasteiger partial charge on any atom is -0.405 e. The van der Waals surface area contributed by atoms with E-state index in [9.17, 15) is 18.0 Å². The molecule has 3 rings (SSSR count). The normalized spacial score (nSPS) is 11.6. The van der Waals surface area contributed by atoms with Gasteiger partial charge >= 0.3 is 6.36 Å². The van der Waals surface area contributed by atoms with Crippen molar-refractivity contribution in [3.63, 3.8) is 0 Å². The number of nitrogens with one attached hydrogen (secondary N) is 1. The summed E-state index contributed by atoms with van der Waals surface area (Å²) in [4.78, 5) is 17.0. The largest absolute Gasteiger partial charge is 0.573 e. The number of alkyl halides is 3. The molecule has 5 nitrogen and oxygen atoms in total. The van der Waals surface area contributed by atoms with E-state index in [1.165, 1.54) is 29.5 Å². The van der Waals surface area contributed by atoms with Crippen LogP contribution < -0.4 is 10.1 Å². The van der Waals surface area contributed by atoms with Gasteiger partial charge in [-0.1, -0.05) is 18.2 Å². The number of rotatable bonds is 5. The average Bonchev–Trinajstić information content (AvgIpc) is 3.06. The van der Waals surface area contributed by atoms with Crippen LogP contribution in [0, 0.1) is 0 Å². The van der Waals surface area contributed by atoms with Gasteiger partial charge in [0.2, 0.25) is 5.91 Å². The molecule has 3 aromatic rings. The first kappa shape index (κ1) is 16.3. The van der Waals surface area contributed by atoms with Crippen LogP contribution in [-0.2, 0) is 17.8 Å². The van der Waals surface area contributed by atoms with E-state index in [0.717, 1.165) is 4.96 Å². The minimum atomic E-state index is -4.78. The number of carbonyl (C=O) groups excluding carboxylic acids is 1. The molecule has 0 bridgehead atoms. The Morgan fingerprint density at radius 2 is 2.12 bits per heavy atom. The number of aromatic nitrogens is 2. The summed E-state index contributed by atoms with van der Waals surface area (Å²) in [6.45, 7) is -0.0622. The van der Waals surface area contributed by atoms with E-state index < -0.39 is 6.36 Å². The van der Waals surface area contributed by atoms with Crippen molar-refractivity contribution in [1.82, 2.24) is 14.7 Å². The second kappa shape index (κ2) is 6.52. The molecule has 2 aromatic heterocycles. The number of nitrogens with zero attached hydrogens (tertiary/aromatic N) is 2. The summed E-state index contributed by atoms with van der Waals surface area (Å²) in [6, 6.07) is 5.69. The topological polar surface area (TPSA) is 55.6 Å². The van der Waals surface area contributed by atoms with Crippen molar-refractivity contribution < 1.29 is 22.7 Å². The highest BCUT2D eigenvalue weighted by molar-refractivity contribution is 7.15. The minimum absolute atomic E-state index is 0.0523. The molecule has 0 fully saturated rings. The number of hydrogen-bond acceptors (Lipinski definition) is 4. The van der Waals surface area contributed by atoms with Gasteiger partial charge < -0.3 is 10.1 Å². The zero-order valence-electron chi connectivity index (χ0n) is 12.2. The monoisotopic (exact) mass is 355 g/mol. The van der Waals surface area contributed by atoms with Gasteiger partial charge in [-0.2, -0.15) is 0 Å². The molecule has 0 aliphatic carbocycles. The van der Waals surface area contributed by atoms with Crippen LogP contribution in [0.5, 0.6) is 5.75 Å². The van der Waals surface area contributed by atoms with Crippen molar-refractivity contribution in [2.24, 2.45) is 0 Å². The molecule has 0 radical (unpaired) electrons. The predicted molar refractivity (Wildman–Crippen MR) is 81.7 cm³/mol. The number of para-hydroxylation sites is 1. The highest BCUT2D eigenvalue weighted by atomic mass is 32.1. The number of fused-ring (bicyclic) bond motifs is 1. The van der Waals surface area contributed by atoms with Gasteiger partial charge in [0.25, 0.3) is 0 Å². The third kappa shape index (κ3) is 4.05. The fraction of sp³-hybridized carbons (Fsp3) is 0.200. The van der Waals surface area contributed by atoms with Gasteiger partial charge in [-0.25, -0.2) is 4.98 Å². The summed E-state index contributed by atoms with van der Waals surface area (Å²) in [5.41, 5.74) is 0.841. The SMILES string of the molecule is O=C(Cc1cn2ccsc2n1)NCc1ccccc1OC(F)(F)F. The Labute approximate surface area is 138 Å². The number of hydrogen-bond donors (Lipinski definition) is 1. The molecule has 0 aliphatic rings. The van der Waals surface area contributed by atoms with Crippen LogP contribution in [0.1, 0.15) is 11.3 Å². The molecule has 0 unspecified atom stereocenters. The van der Waals surface area contributed by atoms with Crippen LogP contribution in [-0.4, -0.2) is 21.7 Å². The Kier molecular flexibility index (Phi) is 4.43. The van der Waals surface area contributed by atoms with Crippen LogP contribution in [0.4, 0.5) is 13.2 Å². The van der Waals surface area contributed by atoms with Crippen LogP contribution >= 0.6 is 11.3 Å². The molecule has 1 N–H and O–H groups in total. The molecule has 0 saturated heterocycles. The first-order valence-corrected chi connectivity index (χ1v) is 7.80. The summed E-state index contributed by atoms with van der Waals surface area (Å²) >= 11 is 1.45. The fourth-order valence-electron chi connectivity index (χ4n) is 2.16. The maximum absolute atomic E-state index is 12.4. The second-order valence-electron chi connectivity index (χ2n) is 4.93. The van der Waals surface area contributed by atoms with Crippen LogP contribution in [0.15, 0.2) is 42.0 Å². The maximum atomic E-state index is 12.4. The van der Waals surface area contributed by atoms with Gasteiger partial charge in [0.1, 0.15) is 5.75 Å². The number of imidazole rings is 1. The van der Waals surface area contributed by atoms with Gasteiger partial charge in [0, 0.05) is 29.9 Å². The van der Waals surface area contributed by atoms with E-state index in [-0.39, 0.29) is 30.2 Å². The number of amides is 1. The lowest BCUT2D eigenvalue weighted by molar-refractivity contribution is -0.274. The molecule has 0 atom stereocenters. The Bertz CT molecular complexity index is 828. The Balaban J connectivity index is 1.61. The smallest absolute Gasteiger partial charge is 0.405 e. The summed E-state index contributed by atoms with van der Waals surface area (Å²) in [5, 5.41) is 4.46. The molecule has 2 heterocycles. The lowest BCUT2D eigenvalue weighted by Gasteiger charge is -2.13. The van der Waals surface area contributed by atoms with Gasteiger partial charge in [0.05, 0.1) is 12.1 Å². The van der Waals surface area contributed by atoms with Crippen molar-refractivity contribution >= 4 is 22.2 Å². The molecule has 126 valence electrons. The summed E-state index contributed by atoms with van der Waals surface area (Å²) in [5.74, 6) is -0.657. The van der Waals surface area contributed by atoms with E-state index in [0.29, 0.717) is 5.69 Å². The average molecular weight is 355 g/mol. The molecule has 0 saturated carbocycles. The summed E-state index contributed by atoms with van der Waals surface area (Å²) < 4.78 is 42.8. The van der Waals surface area contributed by atoms with E-state index in [4.69, 9.17) is 0 Å². The quantitative estimate of drug-likeness (QED) is 0.765. The first-order valence-electron chi connectivity index (χ1n) is 6.92. The number of benzene rings is 1. The standard InChI is InChI=1S/C15H12F3N3O2S/c16-15(17,18)23-12-4-2-1-3-10(12)8-19-13(22)7-11-9-21-5-6-24-14(21)20-11/h1-6,9H,7-8H2,(H,19,22). The number of thiazole rings is 1. The van der Waals surface area contributed by atoms with Gasteiger partial charge in [-0.05, 0) is 6.07 Å². The van der Waals surface area contributed by atoms with Crippen LogP contribution in [0.2, 0.25) is 0 Å². The highest BCUT2D eigenvalue weighted by Crippen LogP contribution is 2.26. The molecule has 9 heteroatoms. The second-order valence-corrected chi connectivity index (χ2v) is 5.81. The predicted octanol–water partition coefficient (Wildman–Crippen LogP) is 3.15. The van der Waals surface area contributed by atoms with Crippen molar-refractivity contribution in [2.75, 3.05) is 0 Å². The van der Waals surface area contributed by atoms with Gasteiger partial charge in [-0.15, -0.1) is 24.5 Å². The Morgan fingerprint density at radius 1 is 1.33 bits per heavy atom. The van der Waals surface area contributed by atoms with Crippen molar-refractivity contribution in [2.45, 2.75) is 19.3 Å².